The lowest BCUT2D eigenvalue weighted by atomic mass is 10.0. The highest BCUT2D eigenvalue weighted by molar-refractivity contribution is 6.40. The van der Waals surface area contributed by atoms with E-state index in [-0.39, 0.29) is 12.4 Å². The normalized spacial score (nSPS) is 10.7. The van der Waals surface area contributed by atoms with E-state index < -0.39 is 0 Å². The van der Waals surface area contributed by atoms with E-state index in [1.165, 1.54) is 7.11 Å². The number of aryl methyl sites for hydroxylation is 1. The Morgan fingerprint density at radius 3 is 2.67 bits per heavy atom. The Kier molecular flexibility index (Phi) is 3.73. The van der Waals surface area contributed by atoms with Crippen molar-refractivity contribution in [3.8, 4) is 0 Å². The van der Waals surface area contributed by atoms with Gasteiger partial charge in [-0.05, 0) is 30.7 Å². The highest BCUT2D eigenvalue weighted by Crippen LogP contribution is 2.31. The van der Waals surface area contributed by atoms with Crippen molar-refractivity contribution in [3.63, 3.8) is 0 Å². The summed E-state index contributed by atoms with van der Waals surface area (Å²) in [5.41, 5.74) is 2.17. The van der Waals surface area contributed by atoms with Crippen LogP contribution in [0.25, 0.3) is 10.9 Å². The molecule has 94 valence electrons. The number of fused-ring (bicyclic) bond motifs is 1. The Labute approximate surface area is 115 Å². The van der Waals surface area contributed by atoms with Gasteiger partial charge in [0.2, 0.25) is 0 Å². The van der Waals surface area contributed by atoms with Crippen molar-refractivity contribution in [2.75, 3.05) is 7.11 Å². The van der Waals surface area contributed by atoms with Gasteiger partial charge in [0.1, 0.15) is 0 Å². The smallest absolute Gasteiger partial charge is 0.310 e. The molecule has 2 aromatic rings. The Balaban J connectivity index is 2.71. The van der Waals surface area contributed by atoms with Crippen LogP contribution in [-0.4, -0.2) is 18.1 Å². The van der Waals surface area contributed by atoms with Gasteiger partial charge in [0.25, 0.3) is 0 Å². The summed E-state index contributed by atoms with van der Waals surface area (Å²) in [5.74, 6) is -0.321. The van der Waals surface area contributed by atoms with Crippen LogP contribution in [0.5, 0.6) is 0 Å². The summed E-state index contributed by atoms with van der Waals surface area (Å²) in [6.45, 7) is 1.84. The van der Waals surface area contributed by atoms with Crippen LogP contribution >= 0.6 is 23.2 Å². The molecule has 1 aromatic carbocycles. The first-order valence-corrected chi connectivity index (χ1v) is 6.09. The number of ether oxygens (including phenoxy) is 1. The highest BCUT2D eigenvalue weighted by atomic mass is 35.5. The third-order valence-electron chi connectivity index (χ3n) is 2.63. The molecular weight excluding hydrogens is 273 g/mol. The summed E-state index contributed by atoms with van der Waals surface area (Å²) in [6, 6.07) is 5.21. The SMILES string of the molecule is COC(=O)Cc1cc(C)nc2c(Cl)ccc(Cl)c12. The summed E-state index contributed by atoms with van der Waals surface area (Å²) < 4.78 is 4.68. The molecule has 0 bridgehead atoms. The lowest BCUT2D eigenvalue weighted by Gasteiger charge is -2.09. The van der Waals surface area contributed by atoms with Crippen LogP contribution in [0.2, 0.25) is 10.0 Å². The Morgan fingerprint density at radius 1 is 1.33 bits per heavy atom. The number of methoxy groups -OCH3 is 1. The van der Waals surface area contributed by atoms with Crippen LogP contribution in [-0.2, 0) is 16.0 Å². The molecule has 0 N–H and O–H groups in total. The number of hydrogen-bond acceptors (Lipinski definition) is 3. The van der Waals surface area contributed by atoms with Crippen molar-refractivity contribution >= 4 is 40.1 Å². The molecule has 0 aliphatic rings. The van der Waals surface area contributed by atoms with Gasteiger partial charge >= 0.3 is 5.97 Å². The second kappa shape index (κ2) is 5.12. The first-order chi connectivity index (χ1) is 8.52. The lowest BCUT2D eigenvalue weighted by molar-refractivity contribution is -0.139. The number of aromatic nitrogens is 1. The minimum Gasteiger partial charge on any atom is -0.469 e. The van der Waals surface area contributed by atoms with Crippen LogP contribution < -0.4 is 0 Å². The van der Waals surface area contributed by atoms with Crippen molar-refractivity contribution in [3.05, 3.63) is 39.5 Å². The molecule has 0 saturated carbocycles. The van der Waals surface area contributed by atoms with Crippen LogP contribution in [0.4, 0.5) is 0 Å². The summed E-state index contributed by atoms with van der Waals surface area (Å²) in [5, 5.41) is 1.75. The molecule has 3 nitrogen and oxygen atoms in total. The second-order valence-electron chi connectivity index (χ2n) is 3.93. The van der Waals surface area contributed by atoms with E-state index in [4.69, 9.17) is 23.2 Å². The predicted molar refractivity (Wildman–Crippen MR) is 72.2 cm³/mol. The molecule has 0 saturated heterocycles. The monoisotopic (exact) mass is 283 g/mol. The van der Waals surface area contributed by atoms with E-state index in [1.807, 2.05) is 13.0 Å². The molecule has 5 heteroatoms. The number of carbonyl (C=O) groups is 1. The van der Waals surface area contributed by atoms with Gasteiger partial charge in [-0.1, -0.05) is 23.2 Å². The molecule has 1 aromatic heterocycles. The molecule has 1 heterocycles. The van der Waals surface area contributed by atoms with Gasteiger partial charge in [0.05, 0.1) is 29.1 Å². The van der Waals surface area contributed by atoms with Crippen LogP contribution in [0.15, 0.2) is 18.2 Å². The van der Waals surface area contributed by atoms with E-state index in [9.17, 15) is 4.79 Å². The average Bonchev–Trinajstić information content (AvgIpc) is 2.33. The zero-order valence-corrected chi connectivity index (χ0v) is 11.5. The summed E-state index contributed by atoms with van der Waals surface area (Å²) in [4.78, 5) is 15.8. The van der Waals surface area contributed by atoms with Crippen molar-refractivity contribution < 1.29 is 9.53 Å². The van der Waals surface area contributed by atoms with Gasteiger partial charge in [-0.2, -0.15) is 0 Å². The molecular formula is C13H11Cl2NO2. The van der Waals surface area contributed by atoms with E-state index >= 15 is 0 Å². The molecule has 0 fully saturated rings. The van der Waals surface area contributed by atoms with Gasteiger partial charge in [-0.3, -0.25) is 9.78 Å². The van der Waals surface area contributed by atoms with Crippen molar-refractivity contribution in [1.82, 2.24) is 4.98 Å². The molecule has 0 radical (unpaired) electrons. The molecule has 0 aliphatic heterocycles. The van der Waals surface area contributed by atoms with Crippen molar-refractivity contribution in [2.24, 2.45) is 0 Å². The topological polar surface area (TPSA) is 39.2 Å². The van der Waals surface area contributed by atoms with E-state index in [0.717, 1.165) is 11.3 Å². The maximum Gasteiger partial charge on any atom is 0.310 e. The fourth-order valence-corrected chi connectivity index (χ4v) is 2.33. The number of halogens is 2. The quantitative estimate of drug-likeness (QED) is 0.791. The molecule has 0 aliphatic carbocycles. The Morgan fingerprint density at radius 2 is 2.00 bits per heavy atom. The number of esters is 1. The number of rotatable bonds is 2. The average molecular weight is 284 g/mol. The Hall–Kier alpha value is -1.32. The van der Waals surface area contributed by atoms with Crippen LogP contribution in [0.3, 0.4) is 0 Å². The first kappa shape index (κ1) is 13.1. The molecule has 2 rings (SSSR count). The fraction of sp³-hybridized carbons (Fsp3) is 0.231. The molecule has 0 spiro atoms. The lowest BCUT2D eigenvalue weighted by Crippen LogP contribution is -2.06. The minimum atomic E-state index is -0.321. The van der Waals surface area contributed by atoms with Gasteiger partial charge in [-0.15, -0.1) is 0 Å². The third-order valence-corrected chi connectivity index (χ3v) is 3.25. The minimum absolute atomic E-state index is 0.149. The molecule has 0 amide bonds. The summed E-state index contributed by atoms with van der Waals surface area (Å²) in [6.07, 6.45) is 0.149. The number of nitrogens with zero attached hydrogens (tertiary/aromatic N) is 1. The van der Waals surface area contributed by atoms with E-state index in [2.05, 4.69) is 9.72 Å². The number of benzene rings is 1. The second-order valence-corrected chi connectivity index (χ2v) is 4.74. The highest BCUT2D eigenvalue weighted by Gasteiger charge is 2.13. The number of hydrogen-bond donors (Lipinski definition) is 0. The maximum atomic E-state index is 11.4. The predicted octanol–water partition coefficient (Wildman–Crippen LogP) is 3.57. The van der Waals surface area contributed by atoms with Crippen molar-refractivity contribution in [2.45, 2.75) is 13.3 Å². The zero-order valence-electron chi connectivity index (χ0n) is 9.96. The van der Waals surface area contributed by atoms with Gasteiger partial charge < -0.3 is 4.74 Å². The standard InChI is InChI=1S/C13H11Cl2NO2/c1-7-5-8(6-11(17)18-2)12-9(14)3-4-10(15)13(12)16-7/h3-5H,6H2,1-2H3. The first-order valence-electron chi connectivity index (χ1n) is 5.34. The van der Waals surface area contributed by atoms with Gasteiger partial charge in [0, 0.05) is 11.1 Å². The van der Waals surface area contributed by atoms with Gasteiger partial charge in [0.15, 0.2) is 0 Å². The maximum absolute atomic E-state index is 11.4. The number of carbonyl (C=O) groups excluding carboxylic acids is 1. The molecule has 0 unspecified atom stereocenters. The van der Waals surface area contributed by atoms with Crippen LogP contribution in [0.1, 0.15) is 11.3 Å². The van der Waals surface area contributed by atoms with Gasteiger partial charge in [-0.25, -0.2) is 0 Å². The molecule has 18 heavy (non-hydrogen) atoms. The summed E-state index contributed by atoms with van der Waals surface area (Å²) in [7, 11) is 1.35. The Bertz CT molecular complexity index is 626. The molecule has 0 atom stereocenters. The van der Waals surface area contributed by atoms with E-state index in [1.54, 1.807) is 12.1 Å². The third kappa shape index (κ3) is 2.42. The largest absolute Gasteiger partial charge is 0.469 e. The number of pyridine rings is 1. The van der Waals surface area contributed by atoms with Crippen molar-refractivity contribution in [1.29, 1.82) is 0 Å². The fourth-order valence-electron chi connectivity index (χ4n) is 1.86. The van der Waals surface area contributed by atoms with E-state index in [0.29, 0.717) is 20.9 Å². The zero-order chi connectivity index (χ0) is 13.3. The van der Waals surface area contributed by atoms with Crippen LogP contribution in [0, 0.1) is 6.92 Å². The summed E-state index contributed by atoms with van der Waals surface area (Å²) >= 11 is 12.3.